The van der Waals surface area contributed by atoms with E-state index in [9.17, 15) is 9.59 Å². The summed E-state index contributed by atoms with van der Waals surface area (Å²) in [7, 11) is 1.56. The molecule has 0 heterocycles. The quantitative estimate of drug-likeness (QED) is 0.664. The summed E-state index contributed by atoms with van der Waals surface area (Å²) in [6.45, 7) is 0.416. The molecule has 6 nitrogen and oxygen atoms in total. The largest absolute Gasteiger partial charge is 0.493 e. The molecule has 1 saturated carbocycles. The van der Waals surface area contributed by atoms with Gasteiger partial charge in [-0.25, -0.2) is 0 Å². The average Bonchev–Trinajstić information content (AvgIpc) is 3.07. The van der Waals surface area contributed by atoms with E-state index in [-0.39, 0.29) is 17.8 Å². The van der Waals surface area contributed by atoms with E-state index in [1.807, 2.05) is 0 Å². The van der Waals surface area contributed by atoms with Crippen molar-refractivity contribution >= 4 is 23.6 Å². The van der Waals surface area contributed by atoms with Crippen LogP contribution in [0.25, 0.3) is 0 Å². The maximum atomic E-state index is 12.1. The number of hydrogen-bond acceptors (Lipinski definition) is 5. The number of aliphatic carboxylic acids is 1. The first-order valence-electron chi connectivity index (χ1n) is 8.02. The van der Waals surface area contributed by atoms with Crippen LogP contribution in [0, 0.1) is 0 Å². The van der Waals surface area contributed by atoms with E-state index in [0.717, 1.165) is 12.8 Å². The van der Waals surface area contributed by atoms with Crippen LogP contribution in [-0.4, -0.2) is 48.2 Å². The number of carbonyl (C=O) groups excluding carboxylic acids is 1. The molecule has 1 aromatic rings. The van der Waals surface area contributed by atoms with Gasteiger partial charge in [-0.1, -0.05) is 0 Å². The monoisotopic (exact) mass is 353 g/mol. The Bertz CT molecular complexity index is 572. The van der Waals surface area contributed by atoms with Crippen molar-refractivity contribution in [1.29, 1.82) is 0 Å². The summed E-state index contributed by atoms with van der Waals surface area (Å²) in [6.07, 6.45) is 4.71. The first-order chi connectivity index (χ1) is 11.6. The molecule has 0 unspecified atom stereocenters. The average molecular weight is 353 g/mol. The molecule has 2 rings (SSSR count). The lowest BCUT2D eigenvalue weighted by Crippen LogP contribution is -2.26. The van der Waals surface area contributed by atoms with Crippen molar-refractivity contribution in [3.05, 3.63) is 23.8 Å². The molecular formula is C17H23NO5S. The van der Waals surface area contributed by atoms with Crippen LogP contribution >= 0.6 is 11.8 Å². The summed E-state index contributed by atoms with van der Waals surface area (Å²) in [5, 5.41) is 11.3. The van der Waals surface area contributed by atoms with Crippen LogP contribution in [-0.2, 0) is 4.79 Å². The zero-order chi connectivity index (χ0) is 17.4. The van der Waals surface area contributed by atoms with Gasteiger partial charge in [0.15, 0.2) is 11.5 Å². The van der Waals surface area contributed by atoms with Gasteiger partial charge in [-0.15, -0.1) is 11.8 Å². The predicted molar refractivity (Wildman–Crippen MR) is 93.2 cm³/mol. The van der Waals surface area contributed by atoms with Crippen LogP contribution in [0.5, 0.6) is 11.5 Å². The fourth-order valence-electron chi connectivity index (χ4n) is 2.59. The summed E-state index contributed by atoms with van der Waals surface area (Å²) < 4.78 is 11.3. The second kappa shape index (κ2) is 9.42. The van der Waals surface area contributed by atoms with Gasteiger partial charge in [0.25, 0.3) is 5.91 Å². The molecule has 1 aliphatic rings. The van der Waals surface area contributed by atoms with Gasteiger partial charge in [-0.3, -0.25) is 9.59 Å². The van der Waals surface area contributed by atoms with Crippen LogP contribution in [0.3, 0.4) is 0 Å². The number of carboxylic acid groups (broad SMARTS) is 1. The highest BCUT2D eigenvalue weighted by Crippen LogP contribution is 2.32. The Morgan fingerprint density at radius 1 is 1.29 bits per heavy atom. The molecule has 0 aliphatic heterocycles. The third kappa shape index (κ3) is 5.63. The number of carboxylic acids is 1. The molecule has 1 aliphatic carbocycles. The summed E-state index contributed by atoms with van der Waals surface area (Å²) in [5.74, 6) is 0.743. The molecule has 0 bridgehead atoms. The Hall–Kier alpha value is -1.89. The highest BCUT2D eigenvalue weighted by atomic mass is 32.2. The van der Waals surface area contributed by atoms with Gasteiger partial charge >= 0.3 is 5.97 Å². The number of amides is 1. The number of ether oxygens (including phenoxy) is 2. The lowest BCUT2D eigenvalue weighted by Gasteiger charge is -2.16. The maximum Gasteiger partial charge on any atom is 0.313 e. The topological polar surface area (TPSA) is 84.9 Å². The van der Waals surface area contributed by atoms with E-state index >= 15 is 0 Å². The molecule has 1 amide bonds. The smallest absolute Gasteiger partial charge is 0.313 e. The van der Waals surface area contributed by atoms with Crippen molar-refractivity contribution in [2.24, 2.45) is 0 Å². The van der Waals surface area contributed by atoms with Crippen molar-refractivity contribution in [1.82, 2.24) is 5.32 Å². The van der Waals surface area contributed by atoms with E-state index < -0.39 is 5.97 Å². The van der Waals surface area contributed by atoms with Crippen LogP contribution in [0.2, 0.25) is 0 Å². The summed E-state index contributed by atoms with van der Waals surface area (Å²) in [4.78, 5) is 22.5. The van der Waals surface area contributed by atoms with Crippen molar-refractivity contribution in [3.8, 4) is 11.5 Å². The van der Waals surface area contributed by atoms with Gasteiger partial charge in [0.05, 0.1) is 19.0 Å². The predicted octanol–water partition coefficient (Wildman–Crippen LogP) is 2.56. The fraction of sp³-hybridized carbons (Fsp3) is 0.529. The summed E-state index contributed by atoms with van der Waals surface area (Å²) in [6, 6.07) is 5.15. The lowest BCUT2D eigenvalue weighted by atomic mass is 10.2. The first-order valence-corrected chi connectivity index (χ1v) is 9.18. The molecule has 1 fully saturated rings. The minimum atomic E-state index is -0.853. The Labute approximate surface area is 145 Å². The van der Waals surface area contributed by atoms with Gasteiger partial charge in [-0.05, 0) is 43.9 Å². The molecule has 24 heavy (non-hydrogen) atoms. The SMILES string of the molecule is COc1cc(C(=O)NCCSCC(=O)O)ccc1OC1CCCC1. The third-order valence-electron chi connectivity index (χ3n) is 3.78. The van der Waals surface area contributed by atoms with Gasteiger partial charge in [0, 0.05) is 17.9 Å². The lowest BCUT2D eigenvalue weighted by molar-refractivity contribution is -0.133. The van der Waals surface area contributed by atoms with Crippen LogP contribution in [0.1, 0.15) is 36.0 Å². The Morgan fingerprint density at radius 3 is 2.71 bits per heavy atom. The number of benzene rings is 1. The fourth-order valence-corrected chi connectivity index (χ4v) is 3.16. The van der Waals surface area contributed by atoms with E-state index in [4.69, 9.17) is 14.6 Å². The van der Waals surface area contributed by atoms with E-state index in [1.54, 1.807) is 25.3 Å². The number of methoxy groups -OCH3 is 1. The van der Waals surface area contributed by atoms with E-state index in [0.29, 0.717) is 29.4 Å². The number of hydrogen-bond donors (Lipinski definition) is 2. The molecule has 0 aromatic heterocycles. The Balaban J connectivity index is 1.87. The minimum absolute atomic E-state index is 0.0386. The number of nitrogens with one attached hydrogen (secondary N) is 1. The third-order valence-corrected chi connectivity index (χ3v) is 4.72. The van der Waals surface area contributed by atoms with Crippen LogP contribution < -0.4 is 14.8 Å². The normalized spacial score (nSPS) is 14.4. The molecule has 0 atom stereocenters. The van der Waals surface area contributed by atoms with E-state index in [1.165, 1.54) is 24.6 Å². The first kappa shape index (κ1) is 18.4. The van der Waals surface area contributed by atoms with Crippen LogP contribution in [0.15, 0.2) is 18.2 Å². The van der Waals surface area contributed by atoms with Crippen molar-refractivity contribution in [2.45, 2.75) is 31.8 Å². The summed E-state index contributed by atoms with van der Waals surface area (Å²) in [5.41, 5.74) is 0.494. The molecule has 2 N–H and O–H groups in total. The zero-order valence-electron chi connectivity index (χ0n) is 13.7. The number of thioether (sulfide) groups is 1. The van der Waals surface area contributed by atoms with Crippen molar-refractivity contribution < 1.29 is 24.2 Å². The maximum absolute atomic E-state index is 12.1. The second-order valence-corrected chi connectivity index (χ2v) is 6.70. The van der Waals surface area contributed by atoms with Crippen molar-refractivity contribution in [3.63, 3.8) is 0 Å². The van der Waals surface area contributed by atoms with Gasteiger partial charge < -0.3 is 19.9 Å². The standard InChI is InChI=1S/C17H23NO5S/c1-22-15-10-12(17(21)18-8-9-24-11-16(19)20)6-7-14(15)23-13-4-2-3-5-13/h6-7,10,13H,2-5,8-9,11H2,1H3,(H,18,21)(H,19,20). The molecule has 0 spiro atoms. The molecular weight excluding hydrogens is 330 g/mol. The highest BCUT2D eigenvalue weighted by Gasteiger charge is 2.19. The molecule has 132 valence electrons. The molecule has 0 radical (unpaired) electrons. The summed E-state index contributed by atoms with van der Waals surface area (Å²) >= 11 is 1.27. The molecule has 0 saturated heterocycles. The van der Waals surface area contributed by atoms with Gasteiger partial charge in [-0.2, -0.15) is 0 Å². The van der Waals surface area contributed by atoms with Gasteiger partial charge in [0.1, 0.15) is 0 Å². The zero-order valence-corrected chi connectivity index (χ0v) is 14.6. The Kier molecular flexibility index (Phi) is 7.24. The van der Waals surface area contributed by atoms with Crippen LogP contribution in [0.4, 0.5) is 0 Å². The van der Waals surface area contributed by atoms with Gasteiger partial charge in [0.2, 0.25) is 0 Å². The second-order valence-electron chi connectivity index (χ2n) is 5.59. The number of carbonyl (C=O) groups is 2. The van der Waals surface area contributed by atoms with E-state index in [2.05, 4.69) is 5.32 Å². The Morgan fingerprint density at radius 2 is 2.04 bits per heavy atom. The minimum Gasteiger partial charge on any atom is -0.493 e. The molecule has 7 heteroatoms. The highest BCUT2D eigenvalue weighted by molar-refractivity contribution is 7.99. The van der Waals surface area contributed by atoms with Crippen molar-refractivity contribution in [2.75, 3.05) is 25.2 Å². The number of rotatable bonds is 9. The molecule has 1 aromatic carbocycles.